The third-order valence-electron chi connectivity index (χ3n) is 12.3. The van der Waals surface area contributed by atoms with Gasteiger partial charge in [0.1, 0.15) is 23.0 Å². The minimum atomic E-state index is -0.463. The largest absolute Gasteiger partial charge is 0.494 e. The third-order valence-corrected chi connectivity index (χ3v) is 12.3. The molecular weight excluding hydrogens is 905 g/mol. The highest BCUT2D eigenvalue weighted by molar-refractivity contribution is 5.93. The van der Waals surface area contributed by atoms with E-state index in [0.29, 0.717) is 58.5 Å². The zero-order chi connectivity index (χ0) is 50.9. The number of hydrogen-bond donors (Lipinski definition) is 0. The molecule has 0 saturated heterocycles. The van der Waals surface area contributed by atoms with Crippen molar-refractivity contribution in [2.24, 2.45) is 0 Å². The zero-order valence-corrected chi connectivity index (χ0v) is 42.4. The number of esters is 4. The Bertz CT molecular complexity index is 2380. The monoisotopic (exact) mass is 974 g/mol. The molecule has 0 aromatic heterocycles. The molecule has 6 aromatic carbocycles. The Balaban J connectivity index is 0.816. The van der Waals surface area contributed by atoms with Crippen molar-refractivity contribution in [1.82, 2.24) is 0 Å². The molecule has 0 heterocycles. The predicted molar refractivity (Wildman–Crippen MR) is 283 cm³/mol. The Morgan fingerprint density at radius 3 is 0.944 bits per heavy atom. The normalized spacial score (nSPS) is 11.8. The van der Waals surface area contributed by atoms with E-state index in [1.165, 1.54) is 25.7 Å². The first-order valence-corrected chi connectivity index (χ1v) is 25.8. The van der Waals surface area contributed by atoms with Gasteiger partial charge in [-0.3, -0.25) is 0 Å². The van der Waals surface area contributed by atoms with Crippen LogP contribution in [0.3, 0.4) is 0 Å². The molecule has 2 atom stereocenters. The van der Waals surface area contributed by atoms with E-state index in [2.05, 4.69) is 13.8 Å². The third kappa shape index (κ3) is 17.9. The van der Waals surface area contributed by atoms with Gasteiger partial charge in [0.2, 0.25) is 0 Å². The first-order valence-electron chi connectivity index (χ1n) is 25.8. The predicted octanol–water partition coefficient (Wildman–Crippen LogP) is 15.5. The van der Waals surface area contributed by atoms with E-state index in [9.17, 15) is 19.2 Å². The van der Waals surface area contributed by atoms with E-state index in [4.69, 9.17) is 28.4 Å². The van der Waals surface area contributed by atoms with Crippen LogP contribution < -0.4 is 18.9 Å². The van der Waals surface area contributed by atoms with Gasteiger partial charge in [-0.1, -0.05) is 101 Å². The maximum atomic E-state index is 12.9. The number of carbonyl (C=O) groups excluding carboxylic acids is 4. The van der Waals surface area contributed by atoms with E-state index in [0.717, 1.165) is 86.5 Å². The molecule has 0 fully saturated rings. The van der Waals surface area contributed by atoms with Crippen LogP contribution in [0, 0.1) is 0 Å². The van der Waals surface area contributed by atoms with Crippen LogP contribution in [-0.4, -0.2) is 49.3 Å². The molecule has 72 heavy (non-hydrogen) atoms. The summed E-state index contributed by atoms with van der Waals surface area (Å²) in [7, 11) is 0. The van der Waals surface area contributed by atoms with Gasteiger partial charge in [-0.25, -0.2) is 19.2 Å². The number of hydrogen-bond acceptors (Lipinski definition) is 10. The average Bonchev–Trinajstić information content (AvgIpc) is 3.40. The van der Waals surface area contributed by atoms with Gasteiger partial charge in [0.25, 0.3) is 0 Å². The van der Waals surface area contributed by atoms with Crippen LogP contribution in [0.5, 0.6) is 23.0 Å². The van der Waals surface area contributed by atoms with Gasteiger partial charge in [-0.15, -0.1) is 0 Å². The topological polar surface area (TPSA) is 124 Å². The molecule has 378 valence electrons. The number of unbranched alkanes of at least 4 members (excludes halogenated alkanes) is 9. The Morgan fingerprint density at radius 2 is 0.611 bits per heavy atom. The Kier molecular flexibility index (Phi) is 22.0. The molecule has 0 amide bonds. The second kappa shape index (κ2) is 29.2. The van der Waals surface area contributed by atoms with Gasteiger partial charge in [0.05, 0.1) is 47.7 Å². The Morgan fingerprint density at radius 1 is 0.333 bits per heavy atom. The first-order chi connectivity index (χ1) is 35.1. The summed E-state index contributed by atoms with van der Waals surface area (Å²) >= 11 is 0. The minimum Gasteiger partial charge on any atom is -0.494 e. The van der Waals surface area contributed by atoms with Gasteiger partial charge in [0, 0.05) is 0 Å². The number of benzene rings is 6. The molecule has 6 rings (SSSR count). The van der Waals surface area contributed by atoms with Crippen molar-refractivity contribution < 1.29 is 47.6 Å². The molecule has 0 bridgehead atoms. The van der Waals surface area contributed by atoms with Crippen LogP contribution in [-0.2, 0) is 9.47 Å². The molecule has 0 aliphatic rings. The second-order valence-corrected chi connectivity index (χ2v) is 18.3. The van der Waals surface area contributed by atoms with Crippen LogP contribution in [0.25, 0.3) is 22.3 Å². The maximum absolute atomic E-state index is 12.9. The van der Waals surface area contributed by atoms with Crippen molar-refractivity contribution in [2.75, 3.05) is 13.2 Å². The van der Waals surface area contributed by atoms with Crippen molar-refractivity contribution >= 4 is 23.9 Å². The van der Waals surface area contributed by atoms with Crippen LogP contribution >= 0.6 is 0 Å². The maximum Gasteiger partial charge on any atom is 0.343 e. The molecule has 2 unspecified atom stereocenters. The molecule has 10 heteroatoms. The summed E-state index contributed by atoms with van der Waals surface area (Å²) in [6, 6.07) is 43.0. The molecular formula is C62H70O10. The summed E-state index contributed by atoms with van der Waals surface area (Å²) in [5.41, 5.74) is 5.60. The Labute approximate surface area is 426 Å². The molecule has 10 nitrogen and oxygen atoms in total. The van der Waals surface area contributed by atoms with E-state index < -0.39 is 11.9 Å². The molecule has 0 aliphatic heterocycles. The van der Waals surface area contributed by atoms with Crippen LogP contribution in [0.15, 0.2) is 146 Å². The lowest BCUT2D eigenvalue weighted by molar-refractivity contribution is 0.0309. The molecule has 0 saturated carbocycles. The van der Waals surface area contributed by atoms with E-state index in [1.807, 2.05) is 62.4 Å². The van der Waals surface area contributed by atoms with Gasteiger partial charge in [-0.2, -0.15) is 0 Å². The molecule has 0 spiro atoms. The highest BCUT2D eigenvalue weighted by atomic mass is 16.6. The smallest absolute Gasteiger partial charge is 0.343 e. The fourth-order valence-electron chi connectivity index (χ4n) is 8.01. The summed E-state index contributed by atoms with van der Waals surface area (Å²) in [5, 5.41) is 0. The van der Waals surface area contributed by atoms with Crippen molar-refractivity contribution in [3.63, 3.8) is 0 Å². The SMILES string of the molecule is CCCCCCC(C)OC(=O)c1ccc(-c2ccc(OC(=O)c3ccc(OCCCCCCOc4ccc(C(=O)Oc5ccc(-c6ccc(C(=O)OC(C)CCCCCC)cc6)cc5)cc4)cc3)cc2)cc1. The lowest BCUT2D eigenvalue weighted by Crippen LogP contribution is -2.15. The van der Waals surface area contributed by atoms with Crippen molar-refractivity contribution in [1.29, 1.82) is 0 Å². The number of carbonyl (C=O) groups is 4. The zero-order valence-electron chi connectivity index (χ0n) is 42.4. The van der Waals surface area contributed by atoms with Crippen LogP contribution in [0.4, 0.5) is 0 Å². The standard InChI is InChI=1S/C62H70O10/c1-5-7-9-13-17-45(3)69-59(63)51-23-19-47(20-24-51)49-27-39-57(40-28-49)71-61(65)53-31-35-55(36-32-53)67-43-15-11-12-16-44-68-56-37-33-54(34-38-56)62(66)72-58-41-29-50(30-42-58)48-21-25-52(26-22-48)60(64)70-46(4)18-14-10-8-6-2/h19-42,45-46H,5-18,43-44H2,1-4H3. The highest BCUT2D eigenvalue weighted by Gasteiger charge is 2.16. The van der Waals surface area contributed by atoms with Gasteiger partial charge in [0.15, 0.2) is 0 Å². The van der Waals surface area contributed by atoms with E-state index >= 15 is 0 Å². The lowest BCUT2D eigenvalue weighted by atomic mass is 10.0. The van der Waals surface area contributed by atoms with Crippen molar-refractivity contribution in [3.8, 4) is 45.3 Å². The number of ether oxygens (including phenoxy) is 6. The quantitative estimate of drug-likeness (QED) is 0.0255. The summed E-state index contributed by atoms with van der Waals surface area (Å²) in [4.78, 5) is 51.0. The Hall–Kier alpha value is -7.20. The van der Waals surface area contributed by atoms with Crippen molar-refractivity contribution in [3.05, 3.63) is 168 Å². The van der Waals surface area contributed by atoms with Crippen LogP contribution in [0.2, 0.25) is 0 Å². The summed E-state index contributed by atoms with van der Waals surface area (Å²) < 4.78 is 34.3. The second-order valence-electron chi connectivity index (χ2n) is 18.3. The average molecular weight is 975 g/mol. The van der Waals surface area contributed by atoms with Crippen LogP contribution in [0.1, 0.15) is 159 Å². The molecule has 0 radical (unpaired) electrons. The van der Waals surface area contributed by atoms with E-state index in [-0.39, 0.29) is 24.1 Å². The van der Waals surface area contributed by atoms with Gasteiger partial charge < -0.3 is 28.4 Å². The highest BCUT2D eigenvalue weighted by Crippen LogP contribution is 2.27. The number of rotatable bonds is 29. The molecule has 0 N–H and O–H groups in total. The first kappa shape index (κ1) is 54.1. The minimum absolute atomic E-state index is 0.114. The molecule has 6 aromatic rings. The summed E-state index contributed by atoms with van der Waals surface area (Å²) in [6.07, 6.45) is 14.4. The fraction of sp³-hybridized carbons (Fsp3) is 0.355. The van der Waals surface area contributed by atoms with Gasteiger partial charge >= 0.3 is 23.9 Å². The summed E-state index contributed by atoms with van der Waals surface area (Å²) in [5.74, 6) is 0.663. The van der Waals surface area contributed by atoms with Crippen molar-refractivity contribution in [2.45, 2.75) is 130 Å². The molecule has 0 aliphatic carbocycles. The summed E-state index contributed by atoms with van der Waals surface area (Å²) in [6.45, 7) is 9.35. The lowest BCUT2D eigenvalue weighted by Gasteiger charge is -2.13. The van der Waals surface area contributed by atoms with E-state index in [1.54, 1.807) is 97.1 Å². The fourth-order valence-corrected chi connectivity index (χ4v) is 8.01. The van der Waals surface area contributed by atoms with Gasteiger partial charge in [-0.05, 0) is 185 Å².